The molecule has 1 aliphatic heterocycles. The topological polar surface area (TPSA) is 41.0 Å². The first-order valence-corrected chi connectivity index (χ1v) is 9.61. The van der Waals surface area contributed by atoms with Gasteiger partial charge in [-0.05, 0) is 24.1 Å². The van der Waals surface area contributed by atoms with Gasteiger partial charge in [-0.15, -0.1) is 11.3 Å². The van der Waals surface area contributed by atoms with Crippen molar-refractivity contribution >= 4 is 50.7 Å². The third kappa shape index (κ3) is 3.80. The van der Waals surface area contributed by atoms with Crippen molar-refractivity contribution < 1.29 is 0 Å². The van der Waals surface area contributed by atoms with Crippen LogP contribution >= 0.6 is 34.7 Å². The highest BCUT2D eigenvalue weighted by molar-refractivity contribution is 7.99. The Hall–Kier alpha value is -0.560. The number of thiophene rings is 1. The summed E-state index contributed by atoms with van der Waals surface area (Å²) in [6.45, 7) is 6.47. The minimum absolute atomic E-state index is 0.323. The van der Waals surface area contributed by atoms with E-state index in [1.807, 2.05) is 11.8 Å². The molecule has 2 aromatic rings. The molecule has 0 bridgehead atoms. The second kappa shape index (κ2) is 7.13. The molecule has 4 nitrogen and oxygen atoms in total. The maximum atomic E-state index is 6.04. The van der Waals surface area contributed by atoms with Gasteiger partial charge in [0.15, 0.2) is 0 Å². The van der Waals surface area contributed by atoms with E-state index in [0.717, 1.165) is 35.5 Å². The summed E-state index contributed by atoms with van der Waals surface area (Å²) >= 11 is 9.77. The van der Waals surface area contributed by atoms with Crippen LogP contribution in [-0.4, -0.2) is 52.6 Å². The van der Waals surface area contributed by atoms with E-state index in [1.165, 1.54) is 29.5 Å². The number of hydrogen-bond acceptors (Lipinski definition) is 6. The Morgan fingerprint density at radius 1 is 1.33 bits per heavy atom. The van der Waals surface area contributed by atoms with E-state index in [4.69, 9.17) is 11.6 Å². The molecule has 1 N–H and O–H groups in total. The smallest absolute Gasteiger partial charge is 0.225 e. The Morgan fingerprint density at radius 3 is 2.90 bits per heavy atom. The molecule has 1 fully saturated rings. The first-order valence-electron chi connectivity index (χ1n) is 7.26. The summed E-state index contributed by atoms with van der Waals surface area (Å²) in [7, 11) is 0. The lowest BCUT2D eigenvalue weighted by molar-refractivity contribution is 0.314. The van der Waals surface area contributed by atoms with Gasteiger partial charge in [0.05, 0.1) is 5.39 Å². The average molecular weight is 343 g/mol. The summed E-state index contributed by atoms with van der Waals surface area (Å²) in [4.78, 5) is 13.5. The number of thioether (sulfide) groups is 1. The predicted octanol–water partition coefficient (Wildman–Crippen LogP) is 3.37. The van der Waals surface area contributed by atoms with Gasteiger partial charge in [0.1, 0.15) is 10.6 Å². The molecule has 114 valence electrons. The van der Waals surface area contributed by atoms with E-state index in [1.54, 1.807) is 11.3 Å². The fraction of sp³-hybridized carbons (Fsp3) is 0.571. The molecule has 2 aromatic heterocycles. The molecular formula is C14H19ClN4S2. The summed E-state index contributed by atoms with van der Waals surface area (Å²) in [5.74, 6) is 3.36. The van der Waals surface area contributed by atoms with Gasteiger partial charge in [-0.2, -0.15) is 11.8 Å². The number of aromatic nitrogens is 2. The molecule has 0 atom stereocenters. The van der Waals surface area contributed by atoms with Crippen LogP contribution in [-0.2, 0) is 6.42 Å². The van der Waals surface area contributed by atoms with E-state index >= 15 is 0 Å². The Bertz CT molecular complexity index is 610. The van der Waals surface area contributed by atoms with E-state index in [9.17, 15) is 0 Å². The molecule has 0 spiro atoms. The van der Waals surface area contributed by atoms with Crippen molar-refractivity contribution in [2.24, 2.45) is 0 Å². The largest absolute Gasteiger partial charge is 0.368 e. The lowest BCUT2D eigenvalue weighted by Crippen LogP contribution is -2.36. The summed E-state index contributed by atoms with van der Waals surface area (Å²) in [5.41, 5.74) is 0. The molecule has 21 heavy (non-hydrogen) atoms. The van der Waals surface area contributed by atoms with Gasteiger partial charge < -0.3 is 5.32 Å². The second-order valence-electron chi connectivity index (χ2n) is 5.01. The lowest BCUT2D eigenvalue weighted by Gasteiger charge is -2.26. The zero-order valence-corrected chi connectivity index (χ0v) is 14.5. The number of nitrogens with zero attached hydrogens (tertiary/aromatic N) is 3. The molecule has 3 rings (SSSR count). The molecule has 7 heteroatoms. The highest BCUT2D eigenvalue weighted by Gasteiger charge is 2.12. The van der Waals surface area contributed by atoms with Crippen molar-refractivity contribution in [2.45, 2.75) is 13.3 Å². The number of aryl methyl sites for hydroxylation is 1. The number of fused-ring (bicyclic) bond motifs is 1. The van der Waals surface area contributed by atoms with Crippen molar-refractivity contribution in [3.8, 4) is 0 Å². The molecule has 3 heterocycles. The zero-order chi connectivity index (χ0) is 14.7. The van der Waals surface area contributed by atoms with Crippen molar-refractivity contribution in [1.82, 2.24) is 14.9 Å². The maximum Gasteiger partial charge on any atom is 0.225 e. The van der Waals surface area contributed by atoms with Crippen LogP contribution in [0.1, 0.15) is 11.8 Å². The SMILES string of the molecule is CCc1cc2c(NCCN3CCSCC3)nc(Cl)nc2s1. The minimum Gasteiger partial charge on any atom is -0.368 e. The predicted molar refractivity (Wildman–Crippen MR) is 94.1 cm³/mol. The van der Waals surface area contributed by atoms with Crippen molar-refractivity contribution in [2.75, 3.05) is 43.0 Å². The van der Waals surface area contributed by atoms with E-state index in [2.05, 4.69) is 33.2 Å². The van der Waals surface area contributed by atoms with Gasteiger partial charge in [0, 0.05) is 42.6 Å². The Morgan fingerprint density at radius 2 is 2.14 bits per heavy atom. The van der Waals surface area contributed by atoms with Crippen LogP contribution in [0.15, 0.2) is 6.07 Å². The monoisotopic (exact) mass is 342 g/mol. The summed E-state index contributed by atoms with van der Waals surface area (Å²) in [5, 5.41) is 4.85. The zero-order valence-electron chi connectivity index (χ0n) is 12.1. The first kappa shape index (κ1) is 15.3. The van der Waals surface area contributed by atoms with Crippen molar-refractivity contribution in [3.05, 3.63) is 16.2 Å². The maximum absolute atomic E-state index is 6.04. The lowest BCUT2D eigenvalue weighted by atomic mass is 10.3. The molecule has 0 amide bonds. The quantitative estimate of drug-likeness (QED) is 0.844. The van der Waals surface area contributed by atoms with E-state index in [-0.39, 0.29) is 0 Å². The van der Waals surface area contributed by atoms with Gasteiger partial charge in [-0.25, -0.2) is 9.97 Å². The summed E-state index contributed by atoms with van der Waals surface area (Å²) in [6.07, 6.45) is 1.02. The minimum atomic E-state index is 0.323. The van der Waals surface area contributed by atoms with Crippen LogP contribution in [0.3, 0.4) is 0 Å². The Balaban J connectivity index is 1.69. The molecule has 1 saturated heterocycles. The van der Waals surface area contributed by atoms with Crippen LogP contribution in [0.2, 0.25) is 5.28 Å². The molecule has 0 aliphatic carbocycles. The normalized spacial score (nSPS) is 16.5. The highest BCUT2D eigenvalue weighted by atomic mass is 35.5. The van der Waals surface area contributed by atoms with Crippen LogP contribution in [0, 0.1) is 0 Å². The Kier molecular flexibility index (Phi) is 5.21. The number of nitrogens with one attached hydrogen (secondary N) is 1. The molecule has 0 radical (unpaired) electrons. The summed E-state index contributed by atoms with van der Waals surface area (Å²) < 4.78 is 0. The molecule has 0 unspecified atom stereocenters. The fourth-order valence-corrected chi connectivity index (χ4v) is 4.58. The van der Waals surface area contributed by atoms with Crippen LogP contribution < -0.4 is 5.32 Å². The third-order valence-electron chi connectivity index (χ3n) is 3.59. The molecule has 1 aliphatic rings. The number of rotatable bonds is 5. The van der Waals surface area contributed by atoms with E-state index in [0.29, 0.717) is 5.28 Å². The molecule has 0 saturated carbocycles. The highest BCUT2D eigenvalue weighted by Crippen LogP contribution is 2.30. The summed E-state index contributed by atoms with van der Waals surface area (Å²) in [6, 6.07) is 2.18. The van der Waals surface area contributed by atoms with Crippen LogP contribution in [0.4, 0.5) is 5.82 Å². The van der Waals surface area contributed by atoms with Gasteiger partial charge in [-0.3, -0.25) is 4.90 Å². The Labute approximate surface area is 138 Å². The van der Waals surface area contributed by atoms with Crippen LogP contribution in [0.25, 0.3) is 10.2 Å². The fourth-order valence-electron chi connectivity index (χ4n) is 2.41. The van der Waals surface area contributed by atoms with Gasteiger partial charge in [0.2, 0.25) is 5.28 Å². The number of halogens is 1. The molecular weight excluding hydrogens is 324 g/mol. The number of hydrogen-bond donors (Lipinski definition) is 1. The van der Waals surface area contributed by atoms with Crippen molar-refractivity contribution in [3.63, 3.8) is 0 Å². The first-order chi connectivity index (χ1) is 10.3. The van der Waals surface area contributed by atoms with Crippen LogP contribution in [0.5, 0.6) is 0 Å². The number of anilines is 1. The van der Waals surface area contributed by atoms with Crippen molar-refractivity contribution in [1.29, 1.82) is 0 Å². The van der Waals surface area contributed by atoms with Gasteiger partial charge >= 0.3 is 0 Å². The van der Waals surface area contributed by atoms with Gasteiger partial charge in [0.25, 0.3) is 0 Å². The van der Waals surface area contributed by atoms with Gasteiger partial charge in [-0.1, -0.05) is 6.92 Å². The molecule has 0 aromatic carbocycles. The third-order valence-corrected chi connectivity index (χ3v) is 5.87. The standard InChI is InChI=1S/C14H19ClN4S2/c1-2-10-9-11-12(17-14(15)18-13(11)21-10)16-3-4-19-5-7-20-8-6-19/h9H,2-8H2,1H3,(H,16,17,18). The second-order valence-corrected chi connectivity index (χ2v) is 7.69. The average Bonchev–Trinajstić information content (AvgIpc) is 2.91. The van der Waals surface area contributed by atoms with E-state index < -0.39 is 0 Å².